The van der Waals surface area contributed by atoms with E-state index in [0.29, 0.717) is 18.5 Å². The minimum absolute atomic E-state index is 0.149. The summed E-state index contributed by atoms with van der Waals surface area (Å²) >= 11 is 0. The standard InChI is InChI=1S/C17H24N4O3S/c1-4-11-19-25(23,24)14-8-6-13(7-9-14)17(22)20-15(5-2)16-10-12-18-21(16)3/h6-10,12,15,19H,4-5,11H2,1-3H3,(H,20,22)/t15-/m1/s1. The molecule has 2 aromatic rings. The molecule has 2 rings (SSSR count). The van der Waals surface area contributed by atoms with Gasteiger partial charge in [-0.3, -0.25) is 9.48 Å². The molecule has 0 spiro atoms. The van der Waals surface area contributed by atoms with Crippen LogP contribution in [0.3, 0.4) is 0 Å². The highest BCUT2D eigenvalue weighted by molar-refractivity contribution is 7.89. The van der Waals surface area contributed by atoms with Crippen molar-refractivity contribution in [2.75, 3.05) is 6.54 Å². The van der Waals surface area contributed by atoms with Crippen LogP contribution in [0.15, 0.2) is 41.4 Å². The van der Waals surface area contributed by atoms with E-state index < -0.39 is 10.0 Å². The second-order valence-corrected chi connectivity index (χ2v) is 7.50. The Kier molecular flexibility index (Phi) is 6.33. The van der Waals surface area contributed by atoms with Crippen molar-refractivity contribution in [3.05, 3.63) is 47.8 Å². The second-order valence-electron chi connectivity index (χ2n) is 5.74. The average molecular weight is 364 g/mol. The number of carbonyl (C=O) groups excluding carboxylic acids is 1. The van der Waals surface area contributed by atoms with E-state index in [1.165, 1.54) is 24.3 Å². The van der Waals surface area contributed by atoms with Gasteiger partial charge in [-0.05, 0) is 43.2 Å². The quantitative estimate of drug-likeness (QED) is 0.749. The van der Waals surface area contributed by atoms with Gasteiger partial charge in [0.05, 0.1) is 16.6 Å². The number of hydrogen-bond donors (Lipinski definition) is 2. The van der Waals surface area contributed by atoms with Crippen molar-refractivity contribution in [3.8, 4) is 0 Å². The van der Waals surface area contributed by atoms with Crippen molar-refractivity contribution >= 4 is 15.9 Å². The number of benzene rings is 1. The number of sulfonamides is 1. The van der Waals surface area contributed by atoms with Gasteiger partial charge in [-0.25, -0.2) is 13.1 Å². The van der Waals surface area contributed by atoms with Gasteiger partial charge in [-0.1, -0.05) is 13.8 Å². The molecule has 136 valence electrons. The fourth-order valence-corrected chi connectivity index (χ4v) is 3.59. The molecule has 0 bridgehead atoms. The van der Waals surface area contributed by atoms with Gasteiger partial charge in [0.15, 0.2) is 0 Å². The van der Waals surface area contributed by atoms with Crippen LogP contribution in [-0.4, -0.2) is 30.7 Å². The molecular formula is C17H24N4O3S. The van der Waals surface area contributed by atoms with E-state index in [4.69, 9.17) is 0 Å². The lowest BCUT2D eigenvalue weighted by atomic mass is 10.1. The first kappa shape index (κ1) is 19.1. The number of nitrogens with zero attached hydrogens (tertiary/aromatic N) is 2. The lowest BCUT2D eigenvalue weighted by Crippen LogP contribution is -2.29. The minimum Gasteiger partial charge on any atom is -0.344 e. The molecule has 0 aliphatic heterocycles. The first-order valence-corrected chi connectivity index (χ1v) is 9.75. The van der Waals surface area contributed by atoms with Gasteiger partial charge < -0.3 is 5.32 Å². The van der Waals surface area contributed by atoms with Crippen LogP contribution in [0.25, 0.3) is 0 Å². The molecule has 0 fully saturated rings. The third kappa shape index (κ3) is 4.67. The molecule has 25 heavy (non-hydrogen) atoms. The first-order valence-electron chi connectivity index (χ1n) is 8.27. The Balaban J connectivity index is 2.11. The Morgan fingerprint density at radius 2 is 1.88 bits per heavy atom. The zero-order valence-corrected chi connectivity index (χ0v) is 15.5. The van der Waals surface area contributed by atoms with E-state index in [9.17, 15) is 13.2 Å². The number of carbonyl (C=O) groups is 1. The Labute approximate surface area is 148 Å². The van der Waals surface area contributed by atoms with Crippen LogP contribution in [0.1, 0.15) is 48.8 Å². The summed E-state index contributed by atoms with van der Waals surface area (Å²) in [5, 5.41) is 7.07. The highest BCUT2D eigenvalue weighted by Crippen LogP contribution is 2.17. The number of amides is 1. The van der Waals surface area contributed by atoms with Gasteiger partial charge in [0.1, 0.15) is 0 Å². The maximum absolute atomic E-state index is 12.4. The van der Waals surface area contributed by atoms with Gasteiger partial charge in [0, 0.05) is 25.4 Å². The Hall–Kier alpha value is -2.19. The number of aryl methyl sites for hydroxylation is 1. The molecule has 0 saturated heterocycles. The van der Waals surface area contributed by atoms with Crippen molar-refractivity contribution in [3.63, 3.8) is 0 Å². The number of hydrogen-bond acceptors (Lipinski definition) is 4. The molecule has 0 radical (unpaired) electrons. The van der Waals surface area contributed by atoms with Gasteiger partial charge in [0.25, 0.3) is 5.91 Å². The smallest absolute Gasteiger partial charge is 0.251 e. The third-order valence-electron chi connectivity index (χ3n) is 3.90. The lowest BCUT2D eigenvalue weighted by molar-refractivity contribution is 0.0934. The zero-order valence-electron chi connectivity index (χ0n) is 14.7. The molecular weight excluding hydrogens is 340 g/mol. The topological polar surface area (TPSA) is 93.1 Å². The average Bonchev–Trinajstić information content (AvgIpc) is 3.03. The maximum atomic E-state index is 12.4. The lowest BCUT2D eigenvalue weighted by Gasteiger charge is -2.17. The second kappa shape index (κ2) is 8.26. The molecule has 1 amide bonds. The largest absolute Gasteiger partial charge is 0.344 e. The third-order valence-corrected chi connectivity index (χ3v) is 5.38. The predicted molar refractivity (Wildman–Crippen MR) is 95.6 cm³/mol. The van der Waals surface area contributed by atoms with E-state index in [2.05, 4.69) is 15.1 Å². The fourth-order valence-electron chi connectivity index (χ4n) is 2.46. The molecule has 1 heterocycles. The van der Waals surface area contributed by atoms with E-state index in [0.717, 1.165) is 12.1 Å². The SMILES string of the molecule is CCCNS(=O)(=O)c1ccc(C(=O)N[C@H](CC)c2ccnn2C)cc1. The summed E-state index contributed by atoms with van der Waals surface area (Å²) in [4.78, 5) is 12.6. The predicted octanol–water partition coefficient (Wildman–Crippen LogP) is 1.99. The zero-order chi connectivity index (χ0) is 18.4. The maximum Gasteiger partial charge on any atom is 0.251 e. The van der Waals surface area contributed by atoms with Crippen LogP contribution < -0.4 is 10.0 Å². The van der Waals surface area contributed by atoms with Crippen LogP contribution in [0, 0.1) is 0 Å². The van der Waals surface area contributed by atoms with Crippen molar-refractivity contribution in [2.45, 2.75) is 37.6 Å². The van der Waals surface area contributed by atoms with Gasteiger partial charge in [-0.2, -0.15) is 5.10 Å². The van der Waals surface area contributed by atoms with Crippen molar-refractivity contribution in [2.24, 2.45) is 7.05 Å². The fraction of sp³-hybridized carbons (Fsp3) is 0.412. The summed E-state index contributed by atoms with van der Waals surface area (Å²) in [6, 6.07) is 7.63. The summed E-state index contributed by atoms with van der Waals surface area (Å²) in [5.74, 6) is -0.251. The molecule has 1 aromatic carbocycles. The van der Waals surface area contributed by atoms with Crippen molar-refractivity contribution in [1.82, 2.24) is 19.8 Å². The van der Waals surface area contributed by atoms with Gasteiger partial charge >= 0.3 is 0 Å². The number of aromatic nitrogens is 2. The molecule has 2 N–H and O–H groups in total. The molecule has 7 nitrogen and oxygen atoms in total. The Morgan fingerprint density at radius 1 is 1.20 bits per heavy atom. The summed E-state index contributed by atoms with van der Waals surface area (Å²) in [5.41, 5.74) is 1.33. The molecule has 0 saturated carbocycles. The van der Waals surface area contributed by atoms with Crippen LogP contribution in [-0.2, 0) is 17.1 Å². The van der Waals surface area contributed by atoms with E-state index in [-0.39, 0.29) is 16.8 Å². The van der Waals surface area contributed by atoms with Crippen LogP contribution in [0.4, 0.5) is 0 Å². The van der Waals surface area contributed by atoms with Crippen LogP contribution in [0.5, 0.6) is 0 Å². The first-order chi connectivity index (χ1) is 11.9. The molecule has 1 aromatic heterocycles. The Morgan fingerprint density at radius 3 is 2.40 bits per heavy atom. The summed E-state index contributed by atoms with van der Waals surface area (Å²) in [6.45, 7) is 4.25. The molecule has 8 heteroatoms. The van der Waals surface area contributed by atoms with Crippen LogP contribution >= 0.6 is 0 Å². The van der Waals surface area contributed by atoms with E-state index >= 15 is 0 Å². The summed E-state index contributed by atoms with van der Waals surface area (Å²) in [6.07, 6.45) is 3.12. The normalized spacial score (nSPS) is 12.8. The highest BCUT2D eigenvalue weighted by atomic mass is 32.2. The van der Waals surface area contributed by atoms with Crippen LogP contribution in [0.2, 0.25) is 0 Å². The molecule has 0 unspecified atom stereocenters. The summed E-state index contributed by atoms with van der Waals surface area (Å²) in [7, 11) is -1.70. The van der Waals surface area contributed by atoms with Crippen molar-refractivity contribution in [1.29, 1.82) is 0 Å². The minimum atomic E-state index is -3.53. The van der Waals surface area contributed by atoms with Gasteiger partial charge in [0.2, 0.25) is 10.0 Å². The highest BCUT2D eigenvalue weighted by Gasteiger charge is 2.18. The van der Waals surface area contributed by atoms with E-state index in [1.54, 1.807) is 10.9 Å². The Bertz CT molecular complexity index is 813. The van der Waals surface area contributed by atoms with Crippen molar-refractivity contribution < 1.29 is 13.2 Å². The molecule has 1 atom stereocenters. The monoisotopic (exact) mass is 364 g/mol. The van der Waals surface area contributed by atoms with E-state index in [1.807, 2.05) is 27.0 Å². The number of rotatable bonds is 8. The number of nitrogens with one attached hydrogen (secondary N) is 2. The molecule has 0 aliphatic carbocycles. The summed E-state index contributed by atoms with van der Waals surface area (Å²) < 4.78 is 28.4. The molecule has 0 aliphatic rings. The van der Waals surface area contributed by atoms with Gasteiger partial charge in [-0.15, -0.1) is 0 Å².